The summed E-state index contributed by atoms with van der Waals surface area (Å²) in [5.41, 5.74) is 3.50. The molecule has 2 aliphatic heterocycles. The highest BCUT2D eigenvalue weighted by molar-refractivity contribution is 7.99. The van der Waals surface area contributed by atoms with E-state index in [2.05, 4.69) is 10.4 Å². The number of aryl methyl sites for hydroxylation is 2. The molecule has 4 rings (SSSR count). The van der Waals surface area contributed by atoms with E-state index in [1.807, 2.05) is 32.0 Å². The summed E-state index contributed by atoms with van der Waals surface area (Å²) in [5, 5.41) is 8.63. The second-order valence-electron chi connectivity index (χ2n) is 8.05. The highest BCUT2D eigenvalue weighted by Crippen LogP contribution is 2.28. The van der Waals surface area contributed by atoms with Gasteiger partial charge in [0.25, 0.3) is 5.91 Å². The Balaban J connectivity index is 1.52. The number of nitrogens with zero attached hydrogens (tertiary/aromatic N) is 3. The minimum atomic E-state index is -0.612. The van der Waals surface area contributed by atoms with E-state index in [0.29, 0.717) is 34.5 Å². The van der Waals surface area contributed by atoms with Crippen LogP contribution in [0.2, 0.25) is 0 Å². The number of amides is 3. The van der Waals surface area contributed by atoms with Crippen LogP contribution in [0.1, 0.15) is 24.0 Å². The lowest BCUT2D eigenvalue weighted by atomic mass is 10.1. The second-order valence-corrected chi connectivity index (χ2v) is 9.05. The van der Waals surface area contributed by atoms with Gasteiger partial charge in [-0.05, 0) is 55.3 Å². The minimum absolute atomic E-state index is 0.148. The lowest BCUT2D eigenvalue weighted by Gasteiger charge is -2.28. The summed E-state index contributed by atoms with van der Waals surface area (Å²) >= 11 is 1.52. The van der Waals surface area contributed by atoms with E-state index < -0.39 is 6.04 Å². The molecule has 1 fully saturated rings. The molecule has 0 aliphatic carbocycles. The first-order valence-corrected chi connectivity index (χ1v) is 11.8. The third-order valence-electron chi connectivity index (χ3n) is 5.68. The predicted molar refractivity (Wildman–Crippen MR) is 130 cm³/mol. The van der Waals surface area contributed by atoms with Gasteiger partial charge in [-0.2, -0.15) is 5.10 Å². The van der Waals surface area contributed by atoms with Gasteiger partial charge in [-0.15, -0.1) is 11.8 Å². The number of hydrogen-bond acceptors (Lipinski definition) is 6. The summed E-state index contributed by atoms with van der Waals surface area (Å²) in [6, 6.07) is 12.2. The Morgan fingerprint density at radius 1 is 1.12 bits per heavy atom. The smallest absolute Gasteiger partial charge is 0.271 e. The number of benzene rings is 2. The van der Waals surface area contributed by atoms with Gasteiger partial charge in [0.05, 0.1) is 18.7 Å². The van der Waals surface area contributed by atoms with Crippen molar-refractivity contribution in [2.75, 3.05) is 29.1 Å². The van der Waals surface area contributed by atoms with Crippen LogP contribution in [-0.4, -0.2) is 53.1 Å². The summed E-state index contributed by atoms with van der Waals surface area (Å²) in [7, 11) is 1.58. The molecule has 0 radical (unpaired) electrons. The maximum atomic E-state index is 13.3. The molecule has 2 heterocycles. The van der Waals surface area contributed by atoms with E-state index in [4.69, 9.17) is 4.74 Å². The molecule has 172 valence electrons. The Hall–Kier alpha value is -3.33. The van der Waals surface area contributed by atoms with E-state index in [9.17, 15) is 14.4 Å². The molecule has 3 amide bonds. The number of thioether (sulfide) groups is 1. The number of carbonyl (C=O) groups excluding carboxylic acids is 3. The van der Waals surface area contributed by atoms with Crippen LogP contribution in [0.25, 0.3) is 0 Å². The number of carbonyl (C=O) groups is 3. The molecule has 0 saturated carbocycles. The number of hydrogen-bond donors (Lipinski definition) is 1. The molecule has 33 heavy (non-hydrogen) atoms. The van der Waals surface area contributed by atoms with Gasteiger partial charge in [-0.1, -0.05) is 12.1 Å². The SMILES string of the molecule is COc1ccc(NC(=O)C2CSCN2C(=O)C2=NN(c3cc(C)ccc3C)C(=O)CC2)cc1. The maximum Gasteiger partial charge on any atom is 0.271 e. The molecule has 2 aromatic rings. The first-order valence-electron chi connectivity index (χ1n) is 10.7. The van der Waals surface area contributed by atoms with Crippen molar-refractivity contribution < 1.29 is 19.1 Å². The highest BCUT2D eigenvalue weighted by atomic mass is 32.2. The average Bonchev–Trinajstić information content (AvgIpc) is 3.31. The normalized spacial score (nSPS) is 18.2. The van der Waals surface area contributed by atoms with Crippen LogP contribution >= 0.6 is 11.8 Å². The van der Waals surface area contributed by atoms with Crippen molar-refractivity contribution in [1.29, 1.82) is 0 Å². The van der Waals surface area contributed by atoms with Crippen LogP contribution in [0.5, 0.6) is 5.75 Å². The zero-order chi connectivity index (χ0) is 23.5. The van der Waals surface area contributed by atoms with Crippen LogP contribution in [0.4, 0.5) is 11.4 Å². The standard InChI is InChI=1S/C24H26N4O4S/c1-15-4-5-16(2)20(12-15)28-22(29)11-10-19(26-28)24(31)27-14-33-13-21(27)23(30)25-17-6-8-18(32-3)9-7-17/h4-9,12,21H,10-11,13-14H2,1-3H3,(H,25,30). The van der Waals surface area contributed by atoms with Crippen molar-refractivity contribution in [3.8, 4) is 5.75 Å². The fraction of sp³-hybridized carbons (Fsp3) is 0.333. The number of methoxy groups -OCH3 is 1. The lowest BCUT2D eigenvalue weighted by Crippen LogP contribution is -2.48. The van der Waals surface area contributed by atoms with Crippen molar-refractivity contribution >= 4 is 46.6 Å². The molecular weight excluding hydrogens is 440 g/mol. The summed E-state index contributed by atoms with van der Waals surface area (Å²) in [6.07, 6.45) is 0.453. The lowest BCUT2D eigenvalue weighted by molar-refractivity contribution is -0.131. The van der Waals surface area contributed by atoms with Gasteiger partial charge in [0.1, 0.15) is 17.5 Å². The number of rotatable bonds is 5. The Bertz CT molecular complexity index is 1120. The van der Waals surface area contributed by atoms with Gasteiger partial charge in [0.2, 0.25) is 11.8 Å². The topological polar surface area (TPSA) is 91.3 Å². The maximum absolute atomic E-state index is 13.3. The molecule has 2 aromatic carbocycles. The first kappa shape index (κ1) is 22.8. The van der Waals surface area contributed by atoms with E-state index >= 15 is 0 Å². The molecule has 1 unspecified atom stereocenters. The number of anilines is 2. The third kappa shape index (κ3) is 4.88. The van der Waals surface area contributed by atoms with Gasteiger partial charge >= 0.3 is 0 Å². The van der Waals surface area contributed by atoms with Gasteiger partial charge in [0.15, 0.2) is 0 Å². The van der Waals surface area contributed by atoms with Crippen LogP contribution in [0.3, 0.4) is 0 Å². The van der Waals surface area contributed by atoms with Crippen molar-refractivity contribution in [3.05, 3.63) is 53.6 Å². The summed E-state index contributed by atoms with van der Waals surface area (Å²) < 4.78 is 5.14. The molecule has 9 heteroatoms. The zero-order valence-corrected chi connectivity index (χ0v) is 19.6. The molecule has 0 spiro atoms. The third-order valence-corrected chi connectivity index (χ3v) is 6.69. The minimum Gasteiger partial charge on any atom is -0.497 e. The van der Waals surface area contributed by atoms with Crippen molar-refractivity contribution in [1.82, 2.24) is 4.90 Å². The predicted octanol–water partition coefficient (Wildman–Crippen LogP) is 3.34. The first-order chi connectivity index (χ1) is 15.9. The number of nitrogens with one attached hydrogen (secondary N) is 1. The fourth-order valence-electron chi connectivity index (χ4n) is 3.77. The fourth-order valence-corrected chi connectivity index (χ4v) is 4.92. The van der Waals surface area contributed by atoms with Crippen LogP contribution in [0, 0.1) is 13.8 Å². The number of ether oxygens (including phenoxy) is 1. The van der Waals surface area contributed by atoms with E-state index in [-0.39, 0.29) is 30.6 Å². The van der Waals surface area contributed by atoms with Gasteiger partial charge in [-0.3, -0.25) is 14.4 Å². The van der Waals surface area contributed by atoms with Gasteiger partial charge < -0.3 is 15.0 Å². The van der Waals surface area contributed by atoms with Crippen molar-refractivity contribution in [3.63, 3.8) is 0 Å². The van der Waals surface area contributed by atoms with E-state index in [0.717, 1.165) is 11.1 Å². The highest BCUT2D eigenvalue weighted by Gasteiger charge is 2.38. The van der Waals surface area contributed by atoms with Crippen molar-refractivity contribution in [2.24, 2.45) is 5.10 Å². The van der Waals surface area contributed by atoms with Gasteiger partial charge in [0, 0.05) is 24.3 Å². The van der Waals surface area contributed by atoms with E-state index in [1.165, 1.54) is 16.8 Å². The molecule has 0 aromatic heterocycles. The van der Waals surface area contributed by atoms with Gasteiger partial charge in [-0.25, -0.2) is 5.01 Å². The summed E-state index contributed by atoms with van der Waals surface area (Å²) in [6.45, 7) is 3.85. The molecule has 0 bridgehead atoms. The van der Waals surface area contributed by atoms with E-state index in [1.54, 1.807) is 36.3 Å². The van der Waals surface area contributed by atoms with Crippen LogP contribution in [0.15, 0.2) is 47.6 Å². The second kappa shape index (κ2) is 9.66. The summed E-state index contributed by atoms with van der Waals surface area (Å²) in [4.78, 5) is 40.4. The van der Waals surface area contributed by atoms with Crippen LogP contribution < -0.4 is 15.1 Å². The largest absolute Gasteiger partial charge is 0.497 e. The zero-order valence-electron chi connectivity index (χ0n) is 18.8. The quantitative estimate of drug-likeness (QED) is 0.730. The monoisotopic (exact) mass is 466 g/mol. The summed E-state index contributed by atoms with van der Waals surface area (Å²) in [5.74, 6) is 0.885. The molecular formula is C24H26N4O4S. The van der Waals surface area contributed by atoms with Crippen molar-refractivity contribution in [2.45, 2.75) is 32.7 Å². The number of hydrazone groups is 1. The molecule has 1 atom stereocenters. The Morgan fingerprint density at radius 2 is 1.88 bits per heavy atom. The molecule has 1 saturated heterocycles. The Labute approximate surface area is 197 Å². The molecule has 8 nitrogen and oxygen atoms in total. The average molecular weight is 467 g/mol. The Morgan fingerprint density at radius 3 is 2.61 bits per heavy atom. The Kier molecular flexibility index (Phi) is 6.69. The van der Waals surface area contributed by atoms with Crippen LogP contribution in [-0.2, 0) is 14.4 Å². The molecule has 2 aliphatic rings. The molecule has 1 N–H and O–H groups in total.